The topological polar surface area (TPSA) is 27.8 Å². The fraction of sp³-hybridized carbons (Fsp3) is 0.385. The van der Waals surface area contributed by atoms with Crippen molar-refractivity contribution in [1.29, 1.82) is 0 Å². The van der Waals surface area contributed by atoms with Crippen LogP contribution >= 0.6 is 0 Å². The third-order valence-corrected chi connectivity index (χ3v) is 3.41. The number of nitrogens with one attached hydrogen (secondary N) is 2. The molecule has 1 aliphatic heterocycles. The molecule has 1 aromatic heterocycles. The van der Waals surface area contributed by atoms with Gasteiger partial charge < -0.3 is 10.3 Å². The first-order valence-electron chi connectivity index (χ1n) is 5.72. The summed E-state index contributed by atoms with van der Waals surface area (Å²) in [5.74, 6) is 0.741. The lowest BCUT2D eigenvalue weighted by Gasteiger charge is -2.23. The van der Waals surface area contributed by atoms with Gasteiger partial charge in [0.2, 0.25) is 0 Å². The van der Waals surface area contributed by atoms with Crippen LogP contribution in [0.15, 0.2) is 30.5 Å². The lowest BCUT2D eigenvalue weighted by atomic mass is 9.88. The number of hydrogen-bond donors (Lipinski definition) is 2. The zero-order valence-corrected chi connectivity index (χ0v) is 8.79. The Hall–Kier alpha value is -1.28. The van der Waals surface area contributed by atoms with E-state index in [1.807, 2.05) is 6.20 Å². The number of aromatic nitrogens is 1. The average molecular weight is 200 g/mol. The van der Waals surface area contributed by atoms with Gasteiger partial charge in [-0.1, -0.05) is 12.1 Å². The molecule has 78 valence electrons. The molecule has 2 aromatic rings. The SMILES string of the molecule is c1cc(C2CCNCC2)c2cc[nH]c2c1. The Bertz CT molecular complexity index is 452. The van der Waals surface area contributed by atoms with Crippen molar-refractivity contribution in [3.05, 3.63) is 36.0 Å². The molecule has 0 spiro atoms. The molecule has 15 heavy (non-hydrogen) atoms. The maximum Gasteiger partial charge on any atom is 0.0456 e. The summed E-state index contributed by atoms with van der Waals surface area (Å²) in [6.45, 7) is 2.32. The number of piperidine rings is 1. The number of benzene rings is 1. The minimum Gasteiger partial charge on any atom is -0.361 e. The second-order valence-corrected chi connectivity index (χ2v) is 4.31. The van der Waals surface area contributed by atoms with Crippen LogP contribution in [0.4, 0.5) is 0 Å². The first-order valence-corrected chi connectivity index (χ1v) is 5.72. The predicted octanol–water partition coefficient (Wildman–Crippen LogP) is 2.63. The Balaban J connectivity index is 2.05. The number of rotatable bonds is 1. The largest absolute Gasteiger partial charge is 0.361 e. The summed E-state index contributed by atoms with van der Waals surface area (Å²) in [6, 6.07) is 8.80. The van der Waals surface area contributed by atoms with Gasteiger partial charge in [-0.05, 0) is 49.5 Å². The molecule has 2 nitrogen and oxygen atoms in total. The summed E-state index contributed by atoms with van der Waals surface area (Å²) in [5.41, 5.74) is 2.79. The smallest absolute Gasteiger partial charge is 0.0456 e. The van der Waals surface area contributed by atoms with Crippen LogP contribution in [0, 0.1) is 0 Å². The highest BCUT2D eigenvalue weighted by atomic mass is 14.9. The van der Waals surface area contributed by atoms with E-state index in [2.05, 4.69) is 34.6 Å². The Morgan fingerprint density at radius 2 is 1.93 bits per heavy atom. The van der Waals surface area contributed by atoms with Crippen molar-refractivity contribution in [3.8, 4) is 0 Å². The number of H-pyrrole nitrogens is 1. The van der Waals surface area contributed by atoms with E-state index in [0.717, 1.165) is 19.0 Å². The van der Waals surface area contributed by atoms with E-state index in [-0.39, 0.29) is 0 Å². The molecule has 2 N–H and O–H groups in total. The third-order valence-electron chi connectivity index (χ3n) is 3.41. The van der Waals surface area contributed by atoms with Crippen LogP contribution in [0.5, 0.6) is 0 Å². The van der Waals surface area contributed by atoms with Gasteiger partial charge in [-0.3, -0.25) is 0 Å². The number of aromatic amines is 1. The molecule has 0 amide bonds. The highest BCUT2D eigenvalue weighted by Crippen LogP contribution is 2.30. The molecule has 2 heterocycles. The Morgan fingerprint density at radius 1 is 1.07 bits per heavy atom. The zero-order chi connectivity index (χ0) is 10.1. The maximum absolute atomic E-state index is 3.42. The van der Waals surface area contributed by atoms with Crippen molar-refractivity contribution in [3.63, 3.8) is 0 Å². The molecule has 0 bridgehead atoms. The Morgan fingerprint density at radius 3 is 2.80 bits per heavy atom. The van der Waals surface area contributed by atoms with Crippen LogP contribution < -0.4 is 5.32 Å². The van der Waals surface area contributed by atoms with Gasteiger partial charge in [0.1, 0.15) is 0 Å². The van der Waals surface area contributed by atoms with Crippen molar-refractivity contribution in [2.24, 2.45) is 0 Å². The molecule has 1 aromatic carbocycles. The third kappa shape index (κ3) is 1.55. The minimum atomic E-state index is 0.741. The van der Waals surface area contributed by atoms with Crippen molar-refractivity contribution in [1.82, 2.24) is 10.3 Å². The van der Waals surface area contributed by atoms with Gasteiger partial charge in [0.15, 0.2) is 0 Å². The molecular formula is C13H16N2. The van der Waals surface area contributed by atoms with Crippen LogP contribution in [-0.2, 0) is 0 Å². The number of hydrogen-bond acceptors (Lipinski definition) is 1. The summed E-state index contributed by atoms with van der Waals surface area (Å²) < 4.78 is 0. The molecule has 0 atom stereocenters. The molecule has 1 saturated heterocycles. The second-order valence-electron chi connectivity index (χ2n) is 4.31. The highest BCUT2D eigenvalue weighted by Gasteiger charge is 2.17. The van der Waals surface area contributed by atoms with E-state index < -0.39 is 0 Å². The van der Waals surface area contributed by atoms with Crippen LogP contribution in [0.3, 0.4) is 0 Å². The van der Waals surface area contributed by atoms with E-state index >= 15 is 0 Å². The standard InChI is InChI=1S/C13H16N2/c1-2-11(10-4-7-14-8-5-10)12-6-9-15-13(12)3-1/h1-3,6,9-10,14-15H,4-5,7-8H2. The van der Waals surface area contributed by atoms with Crippen LogP contribution in [0.2, 0.25) is 0 Å². The molecule has 0 unspecified atom stereocenters. The van der Waals surface area contributed by atoms with Crippen LogP contribution in [0.1, 0.15) is 24.3 Å². The monoisotopic (exact) mass is 200 g/mol. The van der Waals surface area contributed by atoms with E-state index in [4.69, 9.17) is 0 Å². The second kappa shape index (κ2) is 3.70. The van der Waals surface area contributed by atoms with Gasteiger partial charge in [-0.25, -0.2) is 0 Å². The molecular weight excluding hydrogens is 184 g/mol. The highest BCUT2D eigenvalue weighted by molar-refractivity contribution is 5.83. The quantitative estimate of drug-likeness (QED) is 0.727. The van der Waals surface area contributed by atoms with Gasteiger partial charge in [0.05, 0.1) is 0 Å². The first kappa shape index (κ1) is 8.98. The minimum absolute atomic E-state index is 0.741. The van der Waals surface area contributed by atoms with Gasteiger partial charge in [-0.15, -0.1) is 0 Å². The lowest BCUT2D eigenvalue weighted by molar-refractivity contribution is 0.462. The summed E-state index contributed by atoms with van der Waals surface area (Å²) in [5, 5.41) is 4.83. The zero-order valence-electron chi connectivity index (χ0n) is 8.79. The fourth-order valence-electron chi connectivity index (χ4n) is 2.60. The van der Waals surface area contributed by atoms with Gasteiger partial charge in [0.25, 0.3) is 0 Å². The van der Waals surface area contributed by atoms with Crippen LogP contribution in [-0.4, -0.2) is 18.1 Å². The summed E-state index contributed by atoms with van der Waals surface area (Å²) in [6.07, 6.45) is 4.57. The Kier molecular flexibility index (Phi) is 2.22. The fourth-order valence-corrected chi connectivity index (χ4v) is 2.60. The Labute approximate surface area is 89.7 Å². The number of fused-ring (bicyclic) bond motifs is 1. The normalized spacial score (nSPS) is 18.4. The molecule has 2 heteroatoms. The van der Waals surface area contributed by atoms with Crippen LogP contribution in [0.25, 0.3) is 10.9 Å². The average Bonchev–Trinajstić information content (AvgIpc) is 2.78. The summed E-state index contributed by atoms with van der Waals surface area (Å²) in [7, 11) is 0. The maximum atomic E-state index is 3.42. The van der Waals surface area contributed by atoms with Gasteiger partial charge in [-0.2, -0.15) is 0 Å². The summed E-state index contributed by atoms with van der Waals surface area (Å²) in [4.78, 5) is 3.28. The molecule has 0 saturated carbocycles. The van der Waals surface area contributed by atoms with Gasteiger partial charge >= 0.3 is 0 Å². The van der Waals surface area contributed by atoms with Crippen molar-refractivity contribution in [2.45, 2.75) is 18.8 Å². The van der Waals surface area contributed by atoms with E-state index in [1.54, 1.807) is 0 Å². The lowest BCUT2D eigenvalue weighted by Crippen LogP contribution is -2.26. The molecule has 0 aliphatic carbocycles. The predicted molar refractivity (Wildman–Crippen MR) is 63.1 cm³/mol. The van der Waals surface area contributed by atoms with Crippen molar-refractivity contribution >= 4 is 10.9 Å². The van der Waals surface area contributed by atoms with E-state index in [0.29, 0.717) is 0 Å². The van der Waals surface area contributed by atoms with E-state index in [9.17, 15) is 0 Å². The summed E-state index contributed by atoms with van der Waals surface area (Å²) >= 11 is 0. The van der Waals surface area contributed by atoms with E-state index in [1.165, 1.54) is 29.3 Å². The van der Waals surface area contributed by atoms with Gasteiger partial charge in [0, 0.05) is 17.1 Å². The van der Waals surface area contributed by atoms with Crippen molar-refractivity contribution < 1.29 is 0 Å². The van der Waals surface area contributed by atoms with Crippen molar-refractivity contribution in [2.75, 3.05) is 13.1 Å². The molecule has 3 rings (SSSR count). The first-order chi connectivity index (χ1) is 7.45. The molecule has 0 radical (unpaired) electrons. The molecule has 1 aliphatic rings. The molecule has 1 fully saturated rings.